The van der Waals surface area contributed by atoms with Gasteiger partial charge in [-0.05, 0) is 219 Å². The van der Waals surface area contributed by atoms with Gasteiger partial charge in [-0.3, -0.25) is 28.4 Å². The van der Waals surface area contributed by atoms with Crippen molar-refractivity contribution in [1.29, 1.82) is 0 Å². The van der Waals surface area contributed by atoms with E-state index in [2.05, 4.69) is 31.2 Å². The fourth-order valence-electron chi connectivity index (χ4n) is 16.9. The van der Waals surface area contributed by atoms with E-state index in [1.165, 1.54) is 12.1 Å². The van der Waals surface area contributed by atoms with E-state index in [0.29, 0.717) is 78.4 Å². The third-order valence-electron chi connectivity index (χ3n) is 23.9. The molecule has 9 heterocycles. The maximum absolute atomic E-state index is 13.3. The molecule has 0 saturated heterocycles. The van der Waals surface area contributed by atoms with Gasteiger partial charge in [-0.15, -0.1) is 0 Å². The quantitative estimate of drug-likeness (QED) is 0.0364. The van der Waals surface area contributed by atoms with E-state index in [1.54, 1.807) is 94.4 Å². The first-order valence-corrected chi connectivity index (χ1v) is 38.6. The third-order valence-corrected chi connectivity index (χ3v) is 23.9. The Morgan fingerprint density at radius 3 is 1.11 bits per heavy atom. The van der Waals surface area contributed by atoms with Crippen LogP contribution in [-0.4, -0.2) is 109 Å². The van der Waals surface area contributed by atoms with Gasteiger partial charge in [-0.25, -0.2) is 14.0 Å². The Hall–Kier alpha value is -11.2. The molecule has 109 heavy (non-hydrogen) atoms. The number of benzene rings is 3. The van der Waals surface area contributed by atoms with Crippen molar-refractivity contribution in [3.8, 4) is 17.1 Å². The van der Waals surface area contributed by atoms with Gasteiger partial charge in [-0.1, -0.05) is 13.8 Å². The van der Waals surface area contributed by atoms with Crippen molar-refractivity contribution in [1.82, 2.24) is 58.7 Å². The summed E-state index contributed by atoms with van der Waals surface area (Å²) in [4.78, 5) is 39.5. The highest BCUT2D eigenvalue weighted by molar-refractivity contribution is 6.06. The largest absolute Gasteiger partial charge is 0.618 e. The lowest BCUT2D eigenvalue weighted by molar-refractivity contribution is -0.617. The monoisotopic (exact) mass is 1470 g/mol. The van der Waals surface area contributed by atoms with Gasteiger partial charge in [-0.2, -0.15) is 44.8 Å². The number of fused-ring (bicyclic) bond motifs is 3. The number of pyridine rings is 3. The second-order valence-electron chi connectivity index (χ2n) is 31.7. The molecule has 562 valence electrons. The number of carbonyl (C=O) groups excluding carboxylic acids is 3. The van der Waals surface area contributed by atoms with Crippen LogP contribution >= 0.6 is 0 Å². The second kappa shape index (κ2) is 28.4. The molecule has 27 nitrogen and oxygen atoms in total. The van der Waals surface area contributed by atoms with E-state index in [1.807, 2.05) is 107 Å². The highest BCUT2D eigenvalue weighted by Crippen LogP contribution is 2.52. The van der Waals surface area contributed by atoms with Gasteiger partial charge in [0.25, 0.3) is 17.1 Å². The van der Waals surface area contributed by atoms with Gasteiger partial charge < -0.3 is 46.9 Å². The Bertz CT molecular complexity index is 5160. The first-order valence-electron chi connectivity index (χ1n) is 38.6. The minimum Gasteiger partial charge on any atom is -0.618 e. The molecule has 27 heteroatoms. The van der Waals surface area contributed by atoms with Gasteiger partial charge in [0.1, 0.15) is 0 Å². The Morgan fingerprint density at radius 2 is 0.780 bits per heavy atom. The van der Waals surface area contributed by atoms with E-state index >= 15 is 0 Å². The van der Waals surface area contributed by atoms with E-state index < -0.39 is 34.5 Å². The third kappa shape index (κ3) is 14.4. The summed E-state index contributed by atoms with van der Waals surface area (Å²) in [7, 11) is 0. The van der Waals surface area contributed by atoms with E-state index in [-0.39, 0.29) is 47.0 Å². The molecule has 7 fully saturated rings. The average molecular weight is 1470 g/mol. The highest BCUT2D eigenvalue weighted by Gasteiger charge is 2.49. The normalized spacial score (nSPS) is 22.8. The predicted molar refractivity (Wildman–Crippen MR) is 407 cm³/mol. The number of nitrogens with zero attached hydrogens (tertiary/aromatic N) is 15. The summed E-state index contributed by atoms with van der Waals surface area (Å²) in [6.07, 6.45) is 35.6. The maximum atomic E-state index is 13.3. The molecule has 7 aliphatic rings. The molecule has 0 aliphatic heterocycles. The number of aliphatic hydroxyl groups is 3. The minimum absolute atomic E-state index is 0.00729. The van der Waals surface area contributed by atoms with E-state index in [0.717, 1.165) is 166 Å². The molecule has 3 aromatic carbocycles. The summed E-state index contributed by atoms with van der Waals surface area (Å²) in [5.74, 6) is 0.236. The molecular formula is C82H90N18O9. The molecule has 0 unspecified atom stereocenters. The molecule has 0 spiro atoms. The van der Waals surface area contributed by atoms with E-state index in [4.69, 9.17) is 15.3 Å². The van der Waals surface area contributed by atoms with Crippen LogP contribution in [0.4, 0.5) is 17.1 Å². The molecule has 3 amide bonds. The number of aryl methyl sites for hydroxylation is 1. The molecular weight excluding hydrogens is 1380 g/mol. The van der Waals surface area contributed by atoms with Crippen LogP contribution in [0.25, 0.3) is 49.8 Å². The number of hydrogen-bond acceptors (Lipinski definition) is 15. The van der Waals surface area contributed by atoms with Crippen molar-refractivity contribution in [3.63, 3.8) is 0 Å². The lowest BCUT2D eigenvalue weighted by Gasteiger charge is -2.36. The van der Waals surface area contributed by atoms with Crippen LogP contribution in [0.5, 0.6) is 0 Å². The summed E-state index contributed by atoms with van der Waals surface area (Å²) in [5, 5.41) is 110. The number of aromatic nitrogens is 15. The molecule has 7 aliphatic carbocycles. The van der Waals surface area contributed by atoms with Crippen molar-refractivity contribution >= 4 is 67.5 Å². The Balaban J connectivity index is 0.000000120. The maximum Gasteiger partial charge on any atom is 0.321 e. The standard InChI is InChI=1S/C28H30N6O3.C28H32N6O3.C26H28N6O3/c35-27(25-4-1-3-24(34(25)37)18-5-6-18)30-23-15-19-17-33(21-9-11-28(36,12-10-21)20-7-8-20)31-22(19)16-26(23)32-14-2-13-29-32;1-18(2)24-5-3-6-25(34(24)37)27(35)30-23-15-19-17-33(21-9-11-28(36,12-10-21)20-7-8-20)31-22(19)16-26(23)32-14-4-13-29-32;1-17-4-2-5-23(32(17)35)25(33)28-22-14-18-16-31(20-8-10-26(34,11-9-20)19-6-7-19)29-21(18)15-24(22)30-13-3-12-27-30/h1-4,13-18,20-21,36H,5-12H2,(H,30,35);3-6,13-18,20-21,36H,7-12H2,1-2H3,(H,30,35);2-5,12-16,19-20,34H,6-11H2,1H3,(H,28,33). The Kier molecular flexibility index (Phi) is 18.5. The van der Waals surface area contributed by atoms with Crippen LogP contribution in [0.15, 0.2) is 165 Å². The number of carbonyl (C=O) groups is 3. The summed E-state index contributed by atoms with van der Waals surface area (Å²) < 4.78 is 13.2. The van der Waals surface area contributed by atoms with Crippen LogP contribution in [0, 0.1) is 40.3 Å². The Labute approximate surface area is 628 Å². The van der Waals surface area contributed by atoms with Gasteiger partial charge >= 0.3 is 17.7 Å². The zero-order chi connectivity index (χ0) is 75.0. The zero-order valence-electron chi connectivity index (χ0n) is 61.3. The number of nitrogens with one attached hydrogen (secondary N) is 3. The van der Waals surface area contributed by atoms with Crippen molar-refractivity contribution in [2.45, 2.75) is 196 Å². The van der Waals surface area contributed by atoms with Crippen LogP contribution in [-0.2, 0) is 0 Å². The number of rotatable bonds is 17. The van der Waals surface area contributed by atoms with Gasteiger partial charge in [0.15, 0.2) is 17.1 Å². The zero-order valence-corrected chi connectivity index (χ0v) is 61.3. The number of hydrogen-bond donors (Lipinski definition) is 6. The lowest BCUT2D eigenvalue weighted by Crippen LogP contribution is -2.41. The van der Waals surface area contributed by atoms with Crippen LogP contribution in [0.2, 0.25) is 0 Å². The van der Waals surface area contributed by atoms with Gasteiger partial charge in [0.2, 0.25) is 0 Å². The molecule has 0 bridgehead atoms. The van der Waals surface area contributed by atoms with E-state index in [9.17, 15) is 45.3 Å². The summed E-state index contributed by atoms with van der Waals surface area (Å²) in [5.41, 5.74) is 6.35. The molecule has 6 N–H and O–H groups in total. The first kappa shape index (κ1) is 70.8. The van der Waals surface area contributed by atoms with Crippen LogP contribution < -0.4 is 30.1 Å². The highest BCUT2D eigenvalue weighted by atomic mass is 16.5. The number of amides is 3. The van der Waals surface area contributed by atoms with Crippen molar-refractivity contribution < 1.29 is 43.9 Å². The molecule has 19 rings (SSSR count). The lowest BCUT2D eigenvalue weighted by atomic mass is 9.79. The smallest absolute Gasteiger partial charge is 0.321 e. The predicted octanol–water partition coefficient (Wildman–Crippen LogP) is 12.4. The summed E-state index contributed by atoms with van der Waals surface area (Å²) >= 11 is 0. The molecule has 0 atom stereocenters. The topological polar surface area (TPSA) is 336 Å². The fourth-order valence-corrected chi connectivity index (χ4v) is 16.9. The van der Waals surface area contributed by atoms with Gasteiger partial charge in [0.05, 0.1) is 85.6 Å². The second-order valence-corrected chi connectivity index (χ2v) is 31.7. The summed E-state index contributed by atoms with van der Waals surface area (Å²) in [6.45, 7) is 5.51. The van der Waals surface area contributed by atoms with Gasteiger partial charge in [0, 0.05) is 127 Å². The summed E-state index contributed by atoms with van der Waals surface area (Å²) in [6, 6.07) is 32.5. The van der Waals surface area contributed by atoms with Crippen molar-refractivity contribution in [2.75, 3.05) is 16.0 Å². The number of anilines is 3. The molecule has 9 aromatic heterocycles. The van der Waals surface area contributed by atoms with Crippen molar-refractivity contribution in [2.24, 2.45) is 17.8 Å². The molecule has 0 radical (unpaired) electrons. The fraction of sp³-hybridized carbons (Fsp3) is 0.415. The SMILES string of the molecule is CC(C)c1cccc(C(=O)Nc2cc3cn(C4CCC(O)(C5CC5)CC4)nc3cc2-n2cccn2)[n+]1[O-].Cc1cccc(C(=O)Nc2cc3cn(C4CCC(O)(C5CC5)CC4)nc3cc2-n2cccn2)[n+]1[O-].O=C(Nc1cc2cn(C3CCC(O)(C4CC4)CC3)nc2cc1-n1cccn1)c1cccc(C2CC2)[n+]1[O-]. The van der Waals surface area contributed by atoms with Crippen LogP contribution in [0.1, 0.15) is 221 Å². The van der Waals surface area contributed by atoms with Crippen molar-refractivity contribution in [3.05, 3.63) is 215 Å². The average Bonchev–Trinajstić information content (AvgIpc) is 1.66. The van der Waals surface area contributed by atoms with Crippen LogP contribution in [0.3, 0.4) is 0 Å². The molecule has 7 saturated carbocycles. The minimum atomic E-state index is -0.501. The first-order chi connectivity index (χ1) is 52.7. The molecule has 12 aromatic rings. The Morgan fingerprint density at radius 1 is 0.440 bits per heavy atom.